The van der Waals surface area contributed by atoms with Crippen LogP contribution in [-0.4, -0.2) is 39.8 Å². The molecule has 1 aliphatic carbocycles. The van der Waals surface area contributed by atoms with Crippen molar-refractivity contribution in [1.29, 1.82) is 0 Å². The molecule has 0 bridgehead atoms. The van der Waals surface area contributed by atoms with E-state index in [-0.39, 0.29) is 0 Å². The van der Waals surface area contributed by atoms with Crippen molar-refractivity contribution in [2.45, 2.75) is 32.1 Å². The molecular weight excluding hydrogens is 202 g/mol. The molecule has 0 heterocycles. The van der Waals surface area contributed by atoms with Crippen LogP contribution in [0.25, 0.3) is 0 Å². The van der Waals surface area contributed by atoms with E-state index >= 15 is 0 Å². The highest BCUT2D eigenvalue weighted by Crippen LogP contribution is 2.27. The lowest BCUT2D eigenvalue weighted by atomic mass is 10.2. The molecule has 1 saturated carbocycles. The first-order chi connectivity index (χ1) is 7.86. The van der Waals surface area contributed by atoms with E-state index in [2.05, 4.69) is 15.6 Å². The van der Waals surface area contributed by atoms with Gasteiger partial charge in [-0.15, -0.1) is 0 Å². The lowest BCUT2D eigenvalue weighted by Crippen LogP contribution is -2.38. The Labute approximate surface area is 98.9 Å². The zero-order valence-electron chi connectivity index (χ0n) is 10.6. The molecule has 0 aromatic carbocycles. The van der Waals surface area contributed by atoms with Crippen molar-refractivity contribution in [2.24, 2.45) is 10.9 Å². The first-order valence-electron chi connectivity index (χ1n) is 6.30. The van der Waals surface area contributed by atoms with Crippen LogP contribution in [0.4, 0.5) is 0 Å². The van der Waals surface area contributed by atoms with E-state index < -0.39 is 0 Å². The standard InChI is InChI=1S/C12H25N3O/c1-13-12(15-10-11-6-7-11)14-8-4-3-5-9-16-2/h11H,3-10H2,1-2H3,(H2,13,14,15). The van der Waals surface area contributed by atoms with E-state index in [1.54, 1.807) is 7.11 Å². The van der Waals surface area contributed by atoms with E-state index in [1.165, 1.54) is 25.7 Å². The number of hydrogen-bond acceptors (Lipinski definition) is 2. The number of ether oxygens (including phenoxy) is 1. The Kier molecular flexibility index (Phi) is 6.97. The van der Waals surface area contributed by atoms with Crippen molar-refractivity contribution in [3.8, 4) is 0 Å². The summed E-state index contributed by atoms with van der Waals surface area (Å²) in [7, 11) is 3.58. The molecule has 0 spiro atoms. The molecule has 0 aromatic rings. The van der Waals surface area contributed by atoms with E-state index in [1.807, 2.05) is 7.05 Å². The minimum atomic E-state index is 0.870. The number of aliphatic imine (C=N–C) groups is 1. The number of hydrogen-bond donors (Lipinski definition) is 2. The summed E-state index contributed by atoms with van der Waals surface area (Å²) in [6.45, 7) is 2.94. The summed E-state index contributed by atoms with van der Waals surface area (Å²) in [6, 6.07) is 0. The van der Waals surface area contributed by atoms with E-state index in [0.717, 1.165) is 38.0 Å². The molecule has 0 amide bonds. The smallest absolute Gasteiger partial charge is 0.190 e. The summed E-state index contributed by atoms with van der Waals surface area (Å²) >= 11 is 0. The quantitative estimate of drug-likeness (QED) is 0.374. The second-order valence-electron chi connectivity index (χ2n) is 4.38. The topological polar surface area (TPSA) is 45.7 Å². The van der Waals surface area contributed by atoms with Gasteiger partial charge in [0.2, 0.25) is 0 Å². The largest absolute Gasteiger partial charge is 0.385 e. The molecule has 0 aliphatic heterocycles. The second-order valence-corrected chi connectivity index (χ2v) is 4.38. The van der Waals surface area contributed by atoms with Crippen LogP contribution in [0.5, 0.6) is 0 Å². The van der Waals surface area contributed by atoms with Gasteiger partial charge in [-0.2, -0.15) is 0 Å². The molecule has 4 heteroatoms. The number of unbranched alkanes of at least 4 members (excludes halogenated alkanes) is 2. The minimum absolute atomic E-state index is 0.870. The van der Waals surface area contributed by atoms with Gasteiger partial charge in [-0.05, 0) is 38.0 Å². The van der Waals surface area contributed by atoms with Gasteiger partial charge >= 0.3 is 0 Å². The van der Waals surface area contributed by atoms with Crippen LogP contribution in [0, 0.1) is 5.92 Å². The second kappa shape index (κ2) is 8.39. The third-order valence-electron chi connectivity index (χ3n) is 2.80. The summed E-state index contributed by atoms with van der Waals surface area (Å²) < 4.78 is 5.01. The SMILES string of the molecule is CN=C(NCCCCCOC)NCC1CC1. The molecule has 2 N–H and O–H groups in total. The highest BCUT2D eigenvalue weighted by molar-refractivity contribution is 5.79. The maximum atomic E-state index is 5.01. The minimum Gasteiger partial charge on any atom is -0.385 e. The van der Waals surface area contributed by atoms with E-state index in [0.29, 0.717) is 0 Å². The van der Waals surface area contributed by atoms with Crippen molar-refractivity contribution < 1.29 is 4.74 Å². The predicted molar refractivity (Wildman–Crippen MR) is 67.8 cm³/mol. The summed E-state index contributed by atoms with van der Waals surface area (Å²) in [5, 5.41) is 6.68. The van der Waals surface area contributed by atoms with Crippen LogP contribution in [0.15, 0.2) is 4.99 Å². The van der Waals surface area contributed by atoms with Crippen molar-refractivity contribution in [2.75, 3.05) is 33.9 Å². The summed E-state index contributed by atoms with van der Waals surface area (Å²) in [5.74, 6) is 1.83. The van der Waals surface area contributed by atoms with Gasteiger partial charge in [-0.1, -0.05) is 0 Å². The third-order valence-corrected chi connectivity index (χ3v) is 2.80. The monoisotopic (exact) mass is 227 g/mol. The summed E-state index contributed by atoms with van der Waals surface area (Å²) in [5.41, 5.74) is 0. The van der Waals surface area contributed by atoms with Gasteiger partial charge in [0.15, 0.2) is 5.96 Å². The lowest BCUT2D eigenvalue weighted by Gasteiger charge is -2.11. The van der Waals surface area contributed by atoms with Gasteiger partial charge in [-0.25, -0.2) is 0 Å². The van der Waals surface area contributed by atoms with Crippen molar-refractivity contribution in [3.63, 3.8) is 0 Å². The predicted octanol–water partition coefficient (Wildman–Crippen LogP) is 1.38. The Balaban J connectivity index is 1.91. The highest BCUT2D eigenvalue weighted by Gasteiger charge is 2.20. The molecule has 1 fully saturated rings. The summed E-state index contributed by atoms with van der Waals surface area (Å²) in [6.07, 6.45) is 6.28. The molecule has 0 unspecified atom stereocenters. The normalized spacial score (nSPS) is 16.2. The first-order valence-corrected chi connectivity index (χ1v) is 6.30. The number of rotatable bonds is 8. The van der Waals surface area contributed by atoms with Crippen molar-refractivity contribution >= 4 is 5.96 Å². The Hall–Kier alpha value is -0.770. The third kappa shape index (κ3) is 6.67. The number of nitrogens with zero attached hydrogens (tertiary/aromatic N) is 1. The van der Waals surface area contributed by atoms with Crippen LogP contribution in [0.1, 0.15) is 32.1 Å². The van der Waals surface area contributed by atoms with Crippen molar-refractivity contribution in [3.05, 3.63) is 0 Å². The zero-order chi connectivity index (χ0) is 11.6. The Morgan fingerprint density at radius 3 is 2.69 bits per heavy atom. The Bertz CT molecular complexity index is 202. The van der Waals surface area contributed by atoms with Crippen LogP contribution in [-0.2, 0) is 4.74 Å². The molecule has 1 rings (SSSR count). The van der Waals surface area contributed by atoms with Crippen LogP contribution in [0.2, 0.25) is 0 Å². The molecule has 94 valence electrons. The molecule has 1 aliphatic rings. The molecule has 4 nitrogen and oxygen atoms in total. The van der Waals surface area contributed by atoms with Crippen LogP contribution < -0.4 is 10.6 Å². The first kappa shape index (κ1) is 13.3. The van der Waals surface area contributed by atoms with Crippen molar-refractivity contribution in [1.82, 2.24) is 10.6 Å². The molecular formula is C12H25N3O. The van der Waals surface area contributed by atoms with Gasteiger partial charge < -0.3 is 15.4 Å². The van der Waals surface area contributed by atoms with Gasteiger partial charge in [0.25, 0.3) is 0 Å². The fraction of sp³-hybridized carbons (Fsp3) is 0.917. The summed E-state index contributed by atoms with van der Waals surface area (Å²) in [4.78, 5) is 4.19. The maximum absolute atomic E-state index is 5.01. The average Bonchev–Trinajstić information content (AvgIpc) is 3.11. The van der Waals surface area contributed by atoms with Crippen LogP contribution >= 0.6 is 0 Å². The molecule has 0 aromatic heterocycles. The average molecular weight is 227 g/mol. The molecule has 0 atom stereocenters. The molecule has 16 heavy (non-hydrogen) atoms. The fourth-order valence-electron chi connectivity index (χ4n) is 1.54. The van der Waals surface area contributed by atoms with Gasteiger partial charge in [0, 0.05) is 33.9 Å². The maximum Gasteiger partial charge on any atom is 0.190 e. The van der Waals surface area contributed by atoms with Gasteiger partial charge in [0.1, 0.15) is 0 Å². The molecule has 0 radical (unpaired) electrons. The Morgan fingerprint density at radius 1 is 1.25 bits per heavy atom. The highest BCUT2D eigenvalue weighted by atomic mass is 16.5. The zero-order valence-corrected chi connectivity index (χ0v) is 10.6. The number of nitrogens with one attached hydrogen (secondary N) is 2. The van der Waals surface area contributed by atoms with E-state index in [9.17, 15) is 0 Å². The number of guanidine groups is 1. The number of methoxy groups -OCH3 is 1. The van der Waals surface area contributed by atoms with Crippen LogP contribution in [0.3, 0.4) is 0 Å². The lowest BCUT2D eigenvalue weighted by molar-refractivity contribution is 0.192. The van der Waals surface area contributed by atoms with Gasteiger partial charge in [-0.3, -0.25) is 4.99 Å². The van der Waals surface area contributed by atoms with Gasteiger partial charge in [0.05, 0.1) is 0 Å². The molecule has 0 saturated heterocycles. The van der Waals surface area contributed by atoms with E-state index in [4.69, 9.17) is 4.74 Å². The fourth-order valence-corrected chi connectivity index (χ4v) is 1.54. The Morgan fingerprint density at radius 2 is 2.06 bits per heavy atom.